The zero-order valence-electron chi connectivity index (χ0n) is 8.75. The van der Waals surface area contributed by atoms with Gasteiger partial charge in [0.25, 0.3) is 0 Å². The molecular formula is C11H15N3. The van der Waals surface area contributed by atoms with E-state index in [9.17, 15) is 0 Å². The van der Waals surface area contributed by atoms with E-state index < -0.39 is 0 Å². The average molecular weight is 189 g/mol. The smallest absolute Gasteiger partial charge is 0.0628 e. The second kappa shape index (κ2) is 3.13. The SMILES string of the molecule is Cc1cc(C)n(CC2(CC#N)CC2)n1. The molecule has 0 N–H and O–H groups in total. The molecule has 0 amide bonds. The van der Waals surface area contributed by atoms with Crippen molar-refractivity contribution in [3.63, 3.8) is 0 Å². The quantitative estimate of drug-likeness (QED) is 0.731. The molecule has 74 valence electrons. The van der Waals surface area contributed by atoms with Crippen LogP contribution in [0.15, 0.2) is 6.07 Å². The predicted octanol–water partition coefficient (Wildman–Crippen LogP) is 2.19. The molecule has 1 saturated carbocycles. The van der Waals surface area contributed by atoms with Crippen molar-refractivity contribution in [3.8, 4) is 6.07 Å². The summed E-state index contributed by atoms with van der Waals surface area (Å²) in [6, 6.07) is 4.36. The maximum atomic E-state index is 8.71. The largest absolute Gasteiger partial charge is 0.269 e. The summed E-state index contributed by atoms with van der Waals surface area (Å²) in [6.07, 6.45) is 3.03. The summed E-state index contributed by atoms with van der Waals surface area (Å²) in [4.78, 5) is 0. The molecule has 3 nitrogen and oxygen atoms in total. The van der Waals surface area contributed by atoms with Crippen LogP contribution in [0.25, 0.3) is 0 Å². The Hall–Kier alpha value is -1.30. The number of nitrogens with zero attached hydrogens (tertiary/aromatic N) is 3. The Kier molecular flexibility index (Phi) is 2.07. The minimum absolute atomic E-state index is 0.248. The molecule has 3 heteroatoms. The molecule has 1 aromatic rings. The van der Waals surface area contributed by atoms with Gasteiger partial charge in [0.05, 0.1) is 11.8 Å². The van der Waals surface area contributed by atoms with Gasteiger partial charge < -0.3 is 0 Å². The zero-order valence-corrected chi connectivity index (χ0v) is 8.75. The Morgan fingerprint density at radius 1 is 1.57 bits per heavy atom. The second-order valence-electron chi connectivity index (χ2n) is 4.42. The van der Waals surface area contributed by atoms with Gasteiger partial charge in [0.2, 0.25) is 0 Å². The van der Waals surface area contributed by atoms with E-state index in [0.29, 0.717) is 6.42 Å². The number of nitriles is 1. The normalized spacial score (nSPS) is 17.8. The first kappa shape index (κ1) is 9.26. The van der Waals surface area contributed by atoms with Gasteiger partial charge in [0.1, 0.15) is 0 Å². The first-order valence-electron chi connectivity index (χ1n) is 5.03. The van der Waals surface area contributed by atoms with Crippen LogP contribution in [-0.4, -0.2) is 9.78 Å². The first-order valence-corrected chi connectivity index (χ1v) is 5.03. The van der Waals surface area contributed by atoms with E-state index in [2.05, 4.69) is 24.2 Å². The van der Waals surface area contributed by atoms with Gasteiger partial charge in [0, 0.05) is 24.1 Å². The number of aryl methyl sites for hydroxylation is 2. The fourth-order valence-electron chi connectivity index (χ4n) is 1.89. The molecule has 0 atom stereocenters. The van der Waals surface area contributed by atoms with Gasteiger partial charge >= 0.3 is 0 Å². The summed E-state index contributed by atoms with van der Waals surface area (Å²) in [7, 11) is 0. The van der Waals surface area contributed by atoms with Crippen LogP contribution < -0.4 is 0 Å². The monoisotopic (exact) mass is 189 g/mol. The zero-order chi connectivity index (χ0) is 10.2. The fourth-order valence-corrected chi connectivity index (χ4v) is 1.89. The van der Waals surface area contributed by atoms with Gasteiger partial charge in [-0.15, -0.1) is 0 Å². The van der Waals surface area contributed by atoms with Crippen LogP contribution in [0.1, 0.15) is 30.7 Å². The highest BCUT2D eigenvalue weighted by atomic mass is 15.3. The summed E-state index contributed by atoms with van der Waals surface area (Å²) in [5, 5.41) is 13.1. The lowest BCUT2D eigenvalue weighted by atomic mass is 10.0. The van der Waals surface area contributed by atoms with Gasteiger partial charge in [-0.3, -0.25) is 4.68 Å². The van der Waals surface area contributed by atoms with Gasteiger partial charge in [-0.2, -0.15) is 10.4 Å². The molecule has 0 aromatic carbocycles. The van der Waals surface area contributed by atoms with Crippen molar-refractivity contribution in [3.05, 3.63) is 17.5 Å². The Bertz CT molecular complexity index is 380. The maximum Gasteiger partial charge on any atom is 0.0628 e. The van der Waals surface area contributed by atoms with E-state index in [-0.39, 0.29) is 5.41 Å². The lowest BCUT2D eigenvalue weighted by Crippen LogP contribution is -2.13. The number of hydrogen-bond donors (Lipinski definition) is 0. The molecule has 0 saturated heterocycles. The number of hydrogen-bond acceptors (Lipinski definition) is 2. The lowest BCUT2D eigenvalue weighted by molar-refractivity contribution is 0.398. The minimum atomic E-state index is 0.248. The van der Waals surface area contributed by atoms with E-state index in [1.54, 1.807) is 0 Å². The van der Waals surface area contributed by atoms with E-state index in [4.69, 9.17) is 5.26 Å². The van der Waals surface area contributed by atoms with Crippen molar-refractivity contribution < 1.29 is 0 Å². The third kappa shape index (κ3) is 1.65. The van der Waals surface area contributed by atoms with Crippen molar-refractivity contribution in [1.29, 1.82) is 5.26 Å². The van der Waals surface area contributed by atoms with Crippen molar-refractivity contribution in [1.82, 2.24) is 9.78 Å². The van der Waals surface area contributed by atoms with Crippen molar-refractivity contribution in [2.24, 2.45) is 5.41 Å². The third-order valence-electron chi connectivity index (χ3n) is 3.00. The molecule has 0 spiro atoms. The topological polar surface area (TPSA) is 41.6 Å². The van der Waals surface area contributed by atoms with Crippen LogP contribution in [0.2, 0.25) is 0 Å². The molecule has 1 fully saturated rings. The van der Waals surface area contributed by atoms with Gasteiger partial charge in [0.15, 0.2) is 0 Å². The molecule has 1 aliphatic carbocycles. The average Bonchev–Trinajstić information content (AvgIpc) is 2.77. The van der Waals surface area contributed by atoms with Gasteiger partial charge in [-0.1, -0.05) is 0 Å². The number of aromatic nitrogens is 2. The van der Waals surface area contributed by atoms with Crippen LogP contribution in [0.5, 0.6) is 0 Å². The van der Waals surface area contributed by atoms with Crippen LogP contribution in [-0.2, 0) is 6.54 Å². The highest BCUT2D eigenvalue weighted by molar-refractivity contribution is 5.08. The van der Waals surface area contributed by atoms with Crippen LogP contribution in [0.3, 0.4) is 0 Å². The van der Waals surface area contributed by atoms with Crippen LogP contribution in [0, 0.1) is 30.6 Å². The van der Waals surface area contributed by atoms with E-state index in [1.807, 2.05) is 11.6 Å². The summed E-state index contributed by atoms with van der Waals surface area (Å²) in [5.41, 5.74) is 2.51. The molecule has 0 aliphatic heterocycles. The summed E-state index contributed by atoms with van der Waals surface area (Å²) >= 11 is 0. The minimum Gasteiger partial charge on any atom is -0.269 e. The lowest BCUT2D eigenvalue weighted by Gasteiger charge is -2.12. The van der Waals surface area contributed by atoms with Gasteiger partial charge in [-0.25, -0.2) is 0 Å². The summed E-state index contributed by atoms with van der Waals surface area (Å²) < 4.78 is 2.04. The first-order chi connectivity index (χ1) is 6.65. The Labute approximate surface area is 84.3 Å². The van der Waals surface area contributed by atoms with Crippen molar-refractivity contribution >= 4 is 0 Å². The molecule has 1 heterocycles. The highest BCUT2D eigenvalue weighted by Crippen LogP contribution is 2.49. The Balaban J connectivity index is 2.11. The van der Waals surface area contributed by atoms with Crippen molar-refractivity contribution in [2.45, 2.75) is 39.7 Å². The van der Waals surface area contributed by atoms with E-state index >= 15 is 0 Å². The third-order valence-corrected chi connectivity index (χ3v) is 3.00. The molecular weight excluding hydrogens is 174 g/mol. The molecule has 2 rings (SSSR count). The Morgan fingerprint density at radius 3 is 2.71 bits per heavy atom. The highest BCUT2D eigenvalue weighted by Gasteiger charge is 2.43. The molecule has 0 bridgehead atoms. The second-order valence-corrected chi connectivity index (χ2v) is 4.42. The standard InChI is InChI=1S/C11H15N3/c1-9-7-10(2)14(13-9)8-11(3-4-11)5-6-12/h7H,3-5,8H2,1-2H3. The van der Waals surface area contributed by atoms with Gasteiger partial charge in [-0.05, 0) is 32.8 Å². The van der Waals surface area contributed by atoms with E-state index in [1.165, 1.54) is 18.5 Å². The molecule has 14 heavy (non-hydrogen) atoms. The predicted molar refractivity (Wildman–Crippen MR) is 53.6 cm³/mol. The molecule has 1 aliphatic rings. The van der Waals surface area contributed by atoms with E-state index in [0.717, 1.165) is 12.2 Å². The van der Waals surface area contributed by atoms with Crippen LogP contribution >= 0.6 is 0 Å². The van der Waals surface area contributed by atoms with Crippen molar-refractivity contribution in [2.75, 3.05) is 0 Å². The summed E-state index contributed by atoms with van der Waals surface area (Å²) in [6.45, 7) is 5.00. The summed E-state index contributed by atoms with van der Waals surface area (Å²) in [5.74, 6) is 0. The van der Waals surface area contributed by atoms with Crippen LogP contribution in [0.4, 0.5) is 0 Å². The maximum absolute atomic E-state index is 8.71. The fraction of sp³-hybridized carbons (Fsp3) is 0.636. The molecule has 0 unspecified atom stereocenters. The molecule has 1 aromatic heterocycles. The Morgan fingerprint density at radius 2 is 2.29 bits per heavy atom. The molecule has 0 radical (unpaired) electrons. The number of rotatable bonds is 3.